The summed E-state index contributed by atoms with van der Waals surface area (Å²) in [6, 6.07) is 19.5. The van der Waals surface area contributed by atoms with E-state index in [9.17, 15) is 9.90 Å². The van der Waals surface area contributed by atoms with Gasteiger partial charge in [-0.2, -0.15) is 0 Å². The largest absolute Gasteiger partial charge is 0.410 e. The number of hydrogen-bond acceptors (Lipinski definition) is 3. The molecule has 30 heavy (non-hydrogen) atoms. The summed E-state index contributed by atoms with van der Waals surface area (Å²) in [4.78, 5) is 15.3. The molecule has 1 saturated heterocycles. The Morgan fingerprint density at radius 2 is 1.63 bits per heavy atom. The third kappa shape index (κ3) is 3.33. The van der Waals surface area contributed by atoms with Gasteiger partial charge in [0.05, 0.1) is 18.1 Å². The number of benzene rings is 2. The van der Waals surface area contributed by atoms with Crippen molar-refractivity contribution in [3.05, 3.63) is 71.8 Å². The lowest BCUT2D eigenvalue weighted by atomic mass is 9.82. The molecule has 2 aromatic carbocycles. The first kappa shape index (κ1) is 21.3. The van der Waals surface area contributed by atoms with E-state index < -0.39 is 20.0 Å². The summed E-state index contributed by atoms with van der Waals surface area (Å²) < 4.78 is 6.78. The first-order valence-electron chi connectivity index (χ1n) is 10.9. The fourth-order valence-corrected chi connectivity index (χ4v) is 6.03. The maximum absolute atomic E-state index is 13.4. The average molecular weight is 424 g/mol. The summed E-state index contributed by atoms with van der Waals surface area (Å²) in [7, 11) is -2.19. The summed E-state index contributed by atoms with van der Waals surface area (Å²) in [6.07, 6.45) is 0.126. The van der Waals surface area contributed by atoms with Crippen LogP contribution in [0.4, 0.5) is 0 Å². The average Bonchev–Trinajstić information content (AvgIpc) is 3.17. The third-order valence-corrected chi connectivity index (χ3v) is 11.9. The molecule has 0 spiro atoms. The minimum Gasteiger partial charge on any atom is -0.410 e. The van der Waals surface area contributed by atoms with Crippen LogP contribution in [0, 0.1) is 5.92 Å². The zero-order valence-electron chi connectivity index (χ0n) is 18.6. The van der Waals surface area contributed by atoms with Crippen LogP contribution in [0.2, 0.25) is 18.1 Å². The highest BCUT2D eigenvalue weighted by atomic mass is 28.4. The highest BCUT2D eigenvalue weighted by Gasteiger charge is 2.67. The van der Waals surface area contributed by atoms with Crippen LogP contribution in [-0.4, -0.2) is 36.4 Å². The second kappa shape index (κ2) is 7.33. The van der Waals surface area contributed by atoms with Gasteiger partial charge in [-0.1, -0.05) is 81.4 Å². The number of hydrogen-bond donors (Lipinski definition) is 1. The van der Waals surface area contributed by atoms with Crippen molar-refractivity contribution in [3.63, 3.8) is 0 Å². The minimum atomic E-state index is -2.19. The zero-order valence-corrected chi connectivity index (χ0v) is 19.6. The number of rotatable bonds is 5. The molecule has 1 heterocycles. The molecule has 1 N–H and O–H groups in total. The normalized spacial score (nSPS) is 28.9. The lowest BCUT2D eigenvalue weighted by molar-refractivity contribution is -0.164. The van der Waals surface area contributed by atoms with Gasteiger partial charge in [0.2, 0.25) is 5.91 Å². The van der Waals surface area contributed by atoms with Crippen molar-refractivity contribution in [3.8, 4) is 0 Å². The summed E-state index contributed by atoms with van der Waals surface area (Å²) in [5, 5.41) is 12.2. The Hall–Kier alpha value is -1.95. The molecule has 1 amide bonds. The molecular weight excluding hydrogens is 390 g/mol. The summed E-state index contributed by atoms with van der Waals surface area (Å²) in [6.45, 7) is 11.5. The van der Waals surface area contributed by atoms with Crippen LogP contribution in [0.5, 0.6) is 0 Å². The van der Waals surface area contributed by atoms with Gasteiger partial charge in [-0.25, -0.2) is 0 Å². The van der Waals surface area contributed by atoms with Crippen molar-refractivity contribution in [1.82, 2.24) is 4.90 Å². The number of carbonyl (C=O) groups is 1. The first-order valence-corrected chi connectivity index (χ1v) is 13.8. The molecule has 2 aromatic rings. The standard InChI is InChI=1S/C25H33NO3Si/c1-24(2,3)30(4,5)29-22-20-16-21(25(22,28)19-14-10-7-11-15-19)26(23(20)27)17-18-12-8-6-9-13-18/h6-15,20-22,28H,16-17H2,1-5H3/t20-,21+,22+,25-/m0/s1. The quantitative estimate of drug-likeness (QED) is 0.710. The van der Waals surface area contributed by atoms with Crippen molar-refractivity contribution in [1.29, 1.82) is 0 Å². The fraction of sp³-hybridized carbons (Fsp3) is 0.480. The molecule has 0 unspecified atom stereocenters. The molecule has 0 radical (unpaired) electrons. The molecule has 4 atom stereocenters. The molecule has 0 aromatic heterocycles. The summed E-state index contributed by atoms with van der Waals surface area (Å²) in [5.74, 6) is -0.203. The molecule has 1 aliphatic carbocycles. The topological polar surface area (TPSA) is 49.8 Å². The number of amides is 1. The number of piperidine rings is 1. The van der Waals surface area contributed by atoms with E-state index in [2.05, 4.69) is 33.9 Å². The number of likely N-dealkylation sites (tertiary alicyclic amines) is 1. The summed E-state index contributed by atoms with van der Waals surface area (Å²) >= 11 is 0. The van der Waals surface area contributed by atoms with Crippen molar-refractivity contribution in [2.45, 2.75) is 69.6 Å². The maximum atomic E-state index is 13.4. The molecule has 2 bridgehead atoms. The van der Waals surface area contributed by atoms with Crippen LogP contribution in [0.3, 0.4) is 0 Å². The molecule has 5 heteroatoms. The van der Waals surface area contributed by atoms with Crippen LogP contribution in [0.1, 0.15) is 38.3 Å². The number of aliphatic hydroxyl groups is 1. The number of nitrogens with zero attached hydrogens (tertiary/aromatic N) is 1. The zero-order chi connectivity index (χ0) is 21.7. The van der Waals surface area contributed by atoms with E-state index in [-0.39, 0.29) is 22.9 Å². The highest BCUT2D eigenvalue weighted by molar-refractivity contribution is 6.74. The lowest BCUT2D eigenvalue weighted by Gasteiger charge is -2.49. The first-order chi connectivity index (χ1) is 14.1. The van der Waals surface area contributed by atoms with Gasteiger partial charge in [0, 0.05) is 6.54 Å². The van der Waals surface area contributed by atoms with E-state index in [1.165, 1.54) is 0 Å². The predicted molar refractivity (Wildman–Crippen MR) is 121 cm³/mol. The SMILES string of the molecule is CC(C)(C)[Si](C)(C)O[C@@H]1[C@@H]2C[C@@H](N(Cc3ccccc3)C2=O)[C@@]1(O)c1ccccc1. The van der Waals surface area contributed by atoms with Gasteiger partial charge in [0.25, 0.3) is 0 Å². The van der Waals surface area contributed by atoms with Crippen LogP contribution in [0.15, 0.2) is 60.7 Å². The van der Waals surface area contributed by atoms with Crippen LogP contribution >= 0.6 is 0 Å². The maximum Gasteiger partial charge on any atom is 0.229 e. The third-order valence-electron chi connectivity index (χ3n) is 7.42. The van der Waals surface area contributed by atoms with Crippen LogP contribution < -0.4 is 0 Å². The van der Waals surface area contributed by atoms with Gasteiger partial charge < -0.3 is 14.4 Å². The monoisotopic (exact) mass is 423 g/mol. The molecule has 1 saturated carbocycles. The highest BCUT2D eigenvalue weighted by Crippen LogP contribution is 2.54. The van der Waals surface area contributed by atoms with Crippen molar-refractivity contribution in [2.24, 2.45) is 5.92 Å². The number of carbonyl (C=O) groups excluding carboxylic acids is 1. The summed E-state index contributed by atoms with van der Waals surface area (Å²) in [5.41, 5.74) is 0.715. The molecule has 4 nitrogen and oxygen atoms in total. The second-order valence-electron chi connectivity index (χ2n) is 10.3. The van der Waals surface area contributed by atoms with Crippen molar-refractivity contribution >= 4 is 14.2 Å². The predicted octanol–water partition coefficient (Wildman–Crippen LogP) is 4.70. The van der Waals surface area contributed by atoms with Crippen molar-refractivity contribution in [2.75, 3.05) is 0 Å². The Labute approximate surface area is 181 Å². The molecule has 2 aliphatic rings. The van der Waals surface area contributed by atoms with Crippen molar-refractivity contribution < 1.29 is 14.3 Å². The van der Waals surface area contributed by atoms with E-state index in [1.807, 2.05) is 65.6 Å². The van der Waals surface area contributed by atoms with Gasteiger partial charge in [0.15, 0.2) is 8.32 Å². The Balaban J connectivity index is 1.73. The second-order valence-corrected chi connectivity index (χ2v) is 15.1. The van der Waals surface area contributed by atoms with Gasteiger partial charge in [0.1, 0.15) is 5.60 Å². The van der Waals surface area contributed by atoms with Gasteiger partial charge in [-0.05, 0) is 35.7 Å². The number of fused-ring (bicyclic) bond motifs is 2. The van der Waals surface area contributed by atoms with E-state index >= 15 is 0 Å². The molecule has 160 valence electrons. The van der Waals surface area contributed by atoms with Crippen LogP contribution in [0.25, 0.3) is 0 Å². The van der Waals surface area contributed by atoms with Gasteiger partial charge in [-0.3, -0.25) is 4.79 Å². The molecule has 4 rings (SSSR count). The Morgan fingerprint density at radius 1 is 1.07 bits per heavy atom. The fourth-order valence-electron chi connectivity index (χ4n) is 4.70. The Kier molecular flexibility index (Phi) is 5.20. The van der Waals surface area contributed by atoms with E-state index in [4.69, 9.17) is 4.43 Å². The van der Waals surface area contributed by atoms with E-state index in [0.29, 0.717) is 13.0 Å². The molecule has 1 aliphatic heterocycles. The smallest absolute Gasteiger partial charge is 0.229 e. The van der Waals surface area contributed by atoms with Gasteiger partial charge in [-0.15, -0.1) is 0 Å². The Bertz CT molecular complexity index is 909. The van der Waals surface area contributed by atoms with Gasteiger partial charge >= 0.3 is 0 Å². The molecular formula is C25H33NO3Si. The van der Waals surface area contributed by atoms with E-state index in [1.54, 1.807) is 0 Å². The minimum absolute atomic E-state index is 0.000789. The Morgan fingerprint density at radius 3 is 2.20 bits per heavy atom. The van der Waals surface area contributed by atoms with E-state index in [0.717, 1.165) is 11.1 Å². The lowest BCUT2D eigenvalue weighted by Crippen LogP contribution is -2.61. The van der Waals surface area contributed by atoms with Crippen LogP contribution in [-0.2, 0) is 21.4 Å². The molecule has 2 fully saturated rings.